The van der Waals surface area contributed by atoms with E-state index in [4.69, 9.17) is 10.00 Å². The lowest BCUT2D eigenvalue weighted by molar-refractivity contribution is -0.139. The van der Waals surface area contributed by atoms with Crippen LogP contribution in [-0.4, -0.2) is 35.7 Å². The second-order valence-corrected chi connectivity index (χ2v) is 8.15. The minimum Gasteiger partial charge on any atom is -0.481 e. The van der Waals surface area contributed by atoms with E-state index < -0.39 is 30.4 Å². The summed E-state index contributed by atoms with van der Waals surface area (Å²) in [6.07, 6.45) is -1.48. The third-order valence-corrected chi connectivity index (χ3v) is 5.85. The van der Waals surface area contributed by atoms with Crippen LogP contribution in [0.25, 0.3) is 11.1 Å². The van der Waals surface area contributed by atoms with E-state index in [0.717, 1.165) is 22.3 Å². The van der Waals surface area contributed by atoms with Crippen molar-refractivity contribution in [3.63, 3.8) is 0 Å². The lowest BCUT2D eigenvalue weighted by atomic mass is 9.98. The van der Waals surface area contributed by atoms with Gasteiger partial charge in [-0.05, 0) is 39.9 Å². The number of nitrogens with zero attached hydrogens (tertiary/aromatic N) is 1. The van der Waals surface area contributed by atoms with E-state index in [1.807, 2.05) is 54.6 Å². The van der Waals surface area contributed by atoms with E-state index in [1.54, 1.807) is 24.3 Å². The van der Waals surface area contributed by atoms with Gasteiger partial charge in [0, 0.05) is 12.5 Å². The molecular weight excluding hydrogens is 446 g/mol. The van der Waals surface area contributed by atoms with Crippen molar-refractivity contribution in [2.75, 3.05) is 6.61 Å². The van der Waals surface area contributed by atoms with Crippen molar-refractivity contribution in [1.29, 1.82) is 5.26 Å². The van der Waals surface area contributed by atoms with Crippen LogP contribution in [-0.2, 0) is 20.9 Å². The van der Waals surface area contributed by atoms with Gasteiger partial charge in [0.15, 0.2) is 0 Å². The fourth-order valence-electron chi connectivity index (χ4n) is 4.23. The summed E-state index contributed by atoms with van der Waals surface area (Å²) in [4.78, 5) is 36.4. The smallest absolute Gasteiger partial charge is 0.407 e. The first-order valence-corrected chi connectivity index (χ1v) is 11.1. The van der Waals surface area contributed by atoms with Crippen LogP contribution in [0, 0.1) is 11.3 Å². The predicted molar refractivity (Wildman–Crippen MR) is 127 cm³/mol. The van der Waals surface area contributed by atoms with Crippen LogP contribution in [0.15, 0.2) is 72.8 Å². The van der Waals surface area contributed by atoms with Crippen LogP contribution in [0.5, 0.6) is 0 Å². The Bertz CT molecular complexity index is 1270. The Balaban J connectivity index is 1.38. The monoisotopic (exact) mass is 469 g/mol. The average molecular weight is 469 g/mol. The minimum absolute atomic E-state index is 0.0439. The van der Waals surface area contributed by atoms with Crippen LogP contribution < -0.4 is 10.6 Å². The van der Waals surface area contributed by atoms with E-state index in [2.05, 4.69) is 10.6 Å². The maximum atomic E-state index is 12.6. The summed E-state index contributed by atoms with van der Waals surface area (Å²) in [5.74, 6) is -2.06. The van der Waals surface area contributed by atoms with Crippen molar-refractivity contribution in [3.8, 4) is 17.2 Å². The number of ether oxygens (including phenoxy) is 1. The van der Waals surface area contributed by atoms with Gasteiger partial charge >= 0.3 is 12.1 Å². The maximum Gasteiger partial charge on any atom is 0.407 e. The van der Waals surface area contributed by atoms with E-state index in [0.29, 0.717) is 11.1 Å². The topological polar surface area (TPSA) is 129 Å². The first-order valence-electron chi connectivity index (χ1n) is 11.1. The second kappa shape index (κ2) is 10.5. The fourth-order valence-corrected chi connectivity index (χ4v) is 4.23. The molecule has 2 amide bonds. The molecule has 3 aromatic carbocycles. The largest absolute Gasteiger partial charge is 0.481 e. The zero-order chi connectivity index (χ0) is 24.8. The molecule has 0 fully saturated rings. The molecule has 35 heavy (non-hydrogen) atoms. The van der Waals surface area contributed by atoms with Gasteiger partial charge in [-0.1, -0.05) is 60.7 Å². The van der Waals surface area contributed by atoms with Crippen molar-refractivity contribution in [2.24, 2.45) is 0 Å². The highest BCUT2D eigenvalue weighted by Crippen LogP contribution is 2.44. The molecule has 3 aromatic rings. The summed E-state index contributed by atoms with van der Waals surface area (Å²) in [5, 5.41) is 23.2. The van der Waals surface area contributed by atoms with Crippen LogP contribution in [0.1, 0.15) is 34.6 Å². The zero-order valence-corrected chi connectivity index (χ0v) is 18.7. The number of fused-ring (bicyclic) bond motifs is 3. The molecule has 0 aliphatic heterocycles. The number of rotatable bonds is 8. The summed E-state index contributed by atoms with van der Waals surface area (Å²) in [6, 6.07) is 23.2. The number of carboxylic acid groups (broad SMARTS) is 1. The number of carboxylic acids is 1. The molecule has 4 rings (SSSR count). The molecule has 1 aliphatic rings. The Morgan fingerprint density at radius 2 is 1.63 bits per heavy atom. The molecule has 3 N–H and O–H groups in total. The van der Waals surface area contributed by atoms with E-state index in [1.165, 1.54) is 0 Å². The maximum absolute atomic E-state index is 12.6. The Morgan fingerprint density at radius 1 is 0.971 bits per heavy atom. The summed E-state index contributed by atoms with van der Waals surface area (Å²) in [6.45, 7) is 0.124. The highest BCUT2D eigenvalue weighted by molar-refractivity contribution is 5.89. The molecule has 0 radical (unpaired) electrons. The van der Waals surface area contributed by atoms with Gasteiger partial charge in [-0.25, -0.2) is 4.79 Å². The van der Waals surface area contributed by atoms with E-state index in [-0.39, 0.29) is 19.1 Å². The molecule has 1 unspecified atom stereocenters. The first kappa shape index (κ1) is 23.5. The van der Waals surface area contributed by atoms with Gasteiger partial charge in [0.05, 0.1) is 18.1 Å². The number of benzene rings is 3. The number of nitrogens with one attached hydrogen (secondary N) is 2. The number of alkyl carbamates (subject to hydrolysis) is 1. The first-order chi connectivity index (χ1) is 17.0. The number of hydrogen-bond acceptors (Lipinski definition) is 5. The van der Waals surface area contributed by atoms with Crippen molar-refractivity contribution >= 4 is 18.0 Å². The highest BCUT2D eigenvalue weighted by atomic mass is 16.5. The Hall–Kier alpha value is -4.64. The molecule has 8 heteroatoms. The van der Waals surface area contributed by atoms with Gasteiger partial charge in [-0.15, -0.1) is 0 Å². The molecule has 0 heterocycles. The number of aliphatic carboxylic acids is 1. The van der Waals surface area contributed by atoms with E-state index in [9.17, 15) is 19.5 Å². The van der Waals surface area contributed by atoms with Gasteiger partial charge < -0.3 is 20.5 Å². The summed E-state index contributed by atoms with van der Waals surface area (Å²) in [5.41, 5.74) is 5.37. The number of hydrogen-bond donors (Lipinski definition) is 3. The van der Waals surface area contributed by atoms with Crippen LogP contribution in [0.4, 0.5) is 4.79 Å². The molecule has 176 valence electrons. The Morgan fingerprint density at radius 3 is 2.26 bits per heavy atom. The van der Waals surface area contributed by atoms with Crippen molar-refractivity contribution in [2.45, 2.75) is 24.9 Å². The molecule has 0 bridgehead atoms. The van der Waals surface area contributed by atoms with Gasteiger partial charge in [-0.2, -0.15) is 5.26 Å². The van der Waals surface area contributed by atoms with Crippen LogP contribution in [0.3, 0.4) is 0 Å². The molecule has 8 nitrogen and oxygen atoms in total. The second-order valence-electron chi connectivity index (χ2n) is 8.15. The highest BCUT2D eigenvalue weighted by Gasteiger charge is 2.30. The Kier molecular flexibility index (Phi) is 7.07. The van der Waals surface area contributed by atoms with Crippen molar-refractivity contribution < 1.29 is 24.2 Å². The van der Waals surface area contributed by atoms with Crippen molar-refractivity contribution in [1.82, 2.24) is 10.6 Å². The average Bonchev–Trinajstić information content (AvgIpc) is 3.19. The standard InChI is InChI=1S/C27H23N3O5/c28-14-17-6-5-7-18(12-17)15-29-26(33)24(13-25(31)32)30-27(34)35-16-23-21-10-3-1-8-19(21)20-9-2-4-11-22(20)23/h1-12,23-24H,13,15-16H2,(H,29,33)(H,30,34)(H,31,32). The molecule has 0 aromatic heterocycles. The zero-order valence-electron chi connectivity index (χ0n) is 18.7. The normalized spacial score (nSPS) is 12.5. The molecule has 1 aliphatic carbocycles. The van der Waals surface area contributed by atoms with Crippen LogP contribution in [0.2, 0.25) is 0 Å². The van der Waals surface area contributed by atoms with Crippen molar-refractivity contribution in [3.05, 3.63) is 95.1 Å². The summed E-state index contributed by atoms with van der Waals surface area (Å²) < 4.78 is 5.44. The minimum atomic E-state index is -1.32. The third-order valence-electron chi connectivity index (χ3n) is 5.85. The number of carbonyl (C=O) groups excluding carboxylic acids is 2. The summed E-state index contributed by atoms with van der Waals surface area (Å²) >= 11 is 0. The lowest BCUT2D eigenvalue weighted by Crippen LogP contribution is -2.48. The van der Waals surface area contributed by atoms with Gasteiger partial charge in [0.25, 0.3) is 0 Å². The SMILES string of the molecule is N#Cc1cccc(CNC(=O)C(CC(=O)O)NC(=O)OCC2c3ccccc3-c3ccccc32)c1. The van der Waals surface area contributed by atoms with Crippen LogP contribution >= 0.6 is 0 Å². The molecule has 0 spiro atoms. The molecule has 0 saturated heterocycles. The van der Waals surface area contributed by atoms with Gasteiger partial charge in [0.2, 0.25) is 5.91 Å². The van der Waals surface area contributed by atoms with Gasteiger partial charge in [-0.3, -0.25) is 9.59 Å². The van der Waals surface area contributed by atoms with Gasteiger partial charge in [0.1, 0.15) is 12.6 Å². The molecule has 0 saturated carbocycles. The molecular formula is C27H23N3O5. The fraction of sp³-hybridized carbons (Fsp3) is 0.185. The third kappa shape index (κ3) is 5.47. The lowest BCUT2D eigenvalue weighted by Gasteiger charge is -2.19. The quantitative estimate of drug-likeness (QED) is 0.463. The predicted octanol–water partition coefficient (Wildman–Crippen LogP) is 3.56. The molecule has 1 atom stereocenters. The number of carbonyl (C=O) groups is 3. The number of nitriles is 1. The van der Waals surface area contributed by atoms with E-state index >= 15 is 0 Å². The summed E-state index contributed by atoms with van der Waals surface area (Å²) in [7, 11) is 0. The number of amides is 2. The Labute approximate surface area is 202 Å².